The van der Waals surface area contributed by atoms with E-state index in [0.29, 0.717) is 11.1 Å². The fraction of sp³-hybridized carbons (Fsp3) is 0. The second-order valence-electron chi connectivity index (χ2n) is 5.05. The van der Waals surface area contributed by atoms with Crippen LogP contribution in [0.2, 0.25) is 0 Å². The molecule has 0 aliphatic rings. The zero-order chi connectivity index (χ0) is 15.1. The Morgan fingerprint density at radius 2 is 1.41 bits per heavy atom. The molecule has 0 N–H and O–H groups in total. The fourth-order valence-corrected chi connectivity index (χ4v) is 2.70. The molecule has 22 heavy (non-hydrogen) atoms. The molecule has 100 valence electrons. The Hall–Kier alpha value is -3.36. The molecule has 0 spiro atoms. The largest absolute Gasteiger partial charge is 0.244 e. The summed E-state index contributed by atoms with van der Waals surface area (Å²) in [6, 6.07) is 15.8. The monoisotopic (exact) mass is 278 g/mol. The van der Waals surface area contributed by atoms with Crippen molar-refractivity contribution in [3.63, 3.8) is 0 Å². The molecule has 2 nitrogen and oxygen atoms in total. The lowest BCUT2D eigenvalue weighted by molar-refractivity contribution is 1.40. The predicted octanol–water partition coefficient (Wildman–Crippen LogP) is 3.90. The summed E-state index contributed by atoms with van der Waals surface area (Å²) in [5, 5.41) is 2.22. The molecule has 0 aliphatic carbocycles. The zero-order valence-corrected chi connectivity index (χ0v) is 11.7. The molecule has 0 fully saturated rings. The molecule has 0 unspecified atom stereocenters. The lowest BCUT2D eigenvalue weighted by Gasteiger charge is -2.06. The molecule has 0 saturated carbocycles. The van der Waals surface area contributed by atoms with Crippen LogP contribution in [-0.2, 0) is 0 Å². The Morgan fingerprint density at radius 1 is 0.727 bits per heavy atom. The van der Waals surface area contributed by atoms with Gasteiger partial charge < -0.3 is 0 Å². The minimum Gasteiger partial charge on any atom is -0.244 e. The maximum absolute atomic E-state index is 5.53. The van der Waals surface area contributed by atoms with E-state index in [4.69, 9.17) is 17.8 Å². The van der Waals surface area contributed by atoms with Gasteiger partial charge in [-0.2, -0.15) is 0 Å². The third kappa shape index (κ3) is 1.72. The first-order chi connectivity index (χ1) is 10.8. The van der Waals surface area contributed by atoms with E-state index in [1.807, 2.05) is 30.3 Å². The van der Waals surface area contributed by atoms with Crippen molar-refractivity contribution in [3.8, 4) is 24.7 Å². The van der Waals surface area contributed by atoms with Crippen LogP contribution < -0.4 is 0 Å². The lowest BCUT2D eigenvalue weighted by Crippen LogP contribution is -1.92. The van der Waals surface area contributed by atoms with Crippen molar-refractivity contribution in [3.05, 3.63) is 59.7 Å². The molecule has 0 radical (unpaired) electrons. The van der Waals surface area contributed by atoms with Gasteiger partial charge in [-0.3, -0.25) is 0 Å². The average molecular weight is 278 g/mol. The Balaban J connectivity index is 2.18. The molecular formula is C20H10N2. The molecule has 1 aromatic heterocycles. The van der Waals surface area contributed by atoms with Crippen molar-refractivity contribution >= 4 is 32.8 Å². The van der Waals surface area contributed by atoms with Crippen LogP contribution >= 0.6 is 0 Å². The van der Waals surface area contributed by atoms with Crippen LogP contribution in [0.1, 0.15) is 11.1 Å². The van der Waals surface area contributed by atoms with Gasteiger partial charge in [0.2, 0.25) is 0 Å². The van der Waals surface area contributed by atoms with Gasteiger partial charge in [-0.05, 0) is 23.6 Å². The van der Waals surface area contributed by atoms with E-state index in [1.165, 1.54) is 0 Å². The minimum atomic E-state index is 0.670. The highest BCUT2D eigenvalue weighted by atomic mass is 14.8. The topological polar surface area (TPSA) is 25.8 Å². The normalized spacial score (nSPS) is 10.6. The van der Waals surface area contributed by atoms with Crippen molar-refractivity contribution in [2.24, 2.45) is 0 Å². The summed E-state index contributed by atoms with van der Waals surface area (Å²) in [4.78, 5) is 9.45. The third-order valence-electron chi connectivity index (χ3n) is 3.78. The average Bonchev–Trinajstić information content (AvgIpc) is 2.58. The van der Waals surface area contributed by atoms with Gasteiger partial charge in [-0.1, -0.05) is 42.2 Å². The molecule has 4 rings (SSSR count). The number of nitrogens with zero attached hydrogens (tertiary/aromatic N) is 2. The van der Waals surface area contributed by atoms with E-state index in [-0.39, 0.29) is 0 Å². The van der Waals surface area contributed by atoms with Crippen molar-refractivity contribution in [1.82, 2.24) is 9.97 Å². The first-order valence-electron chi connectivity index (χ1n) is 6.86. The number of aromatic nitrogens is 2. The van der Waals surface area contributed by atoms with Crippen LogP contribution in [-0.4, -0.2) is 9.97 Å². The number of hydrogen-bond acceptors (Lipinski definition) is 2. The molecule has 4 aromatic rings. The second kappa shape index (κ2) is 4.58. The van der Waals surface area contributed by atoms with Crippen molar-refractivity contribution < 1.29 is 0 Å². The summed E-state index contributed by atoms with van der Waals surface area (Å²) < 4.78 is 0. The molecule has 1 heterocycles. The van der Waals surface area contributed by atoms with Crippen molar-refractivity contribution in [2.75, 3.05) is 0 Å². The molecule has 0 bridgehead atoms. The molecule has 0 saturated heterocycles. The Bertz CT molecular complexity index is 1140. The molecular weight excluding hydrogens is 268 g/mol. The van der Waals surface area contributed by atoms with Crippen molar-refractivity contribution in [1.29, 1.82) is 0 Å². The lowest BCUT2D eigenvalue weighted by atomic mass is 10.1. The Morgan fingerprint density at radius 3 is 2.14 bits per heavy atom. The number of rotatable bonds is 0. The Labute approximate surface area is 127 Å². The Kier molecular flexibility index (Phi) is 2.58. The summed E-state index contributed by atoms with van der Waals surface area (Å²) >= 11 is 0. The number of benzene rings is 3. The highest BCUT2D eigenvalue weighted by Gasteiger charge is 2.08. The van der Waals surface area contributed by atoms with Crippen LogP contribution in [0.5, 0.6) is 0 Å². The summed E-state index contributed by atoms with van der Waals surface area (Å²) in [5.41, 5.74) is 4.59. The zero-order valence-electron chi connectivity index (χ0n) is 11.7. The summed E-state index contributed by atoms with van der Waals surface area (Å²) in [6.45, 7) is 0. The van der Waals surface area contributed by atoms with Gasteiger partial charge in [-0.15, -0.1) is 12.8 Å². The van der Waals surface area contributed by atoms with Gasteiger partial charge in [0.05, 0.1) is 22.1 Å². The molecule has 0 amide bonds. The van der Waals surface area contributed by atoms with Crippen LogP contribution in [0.25, 0.3) is 32.8 Å². The third-order valence-corrected chi connectivity index (χ3v) is 3.78. The molecule has 0 atom stereocenters. The highest BCUT2D eigenvalue weighted by Crippen LogP contribution is 2.25. The van der Waals surface area contributed by atoms with E-state index < -0.39 is 0 Å². The first kappa shape index (κ1) is 12.4. The first-order valence-corrected chi connectivity index (χ1v) is 6.86. The maximum atomic E-state index is 5.53. The number of fused-ring (bicyclic) bond motifs is 4. The van der Waals surface area contributed by atoms with Crippen LogP contribution in [0, 0.1) is 24.7 Å². The van der Waals surface area contributed by atoms with Crippen LogP contribution in [0.3, 0.4) is 0 Å². The standard InChI is InChI=1S/C20H10N2/c1-3-13-11-18-19(12-14(13)4-2)22-20-16-8-6-5-7-15(16)9-10-17(20)21-18/h1-2,5-12H. The van der Waals surface area contributed by atoms with E-state index in [1.54, 1.807) is 0 Å². The van der Waals surface area contributed by atoms with Gasteiger partial charge in [0.15, 0.2) is 0 Å². The predicted molar refractivity (Wildman–Crippen MR) is 90.4 cm³/mol. The van der Waals surface area contributed by atoms with Crippen molar-refractivity contribution in [2.45, 2.75) is 0 Å². The van der Waals surface area contributed by atoms with Gasteiger partial charge in [0.1, 0.15) is 0 Å². The molecule has 3 aromatic carbocycles. The second-order valence-corrected chi connectivity index (χ2v) is 5.05. The maximum Gasteiger partial charge on any atom is 0.0972 e. The summed E-state index contributed by atoms with van der Waals surface area (Å²) in [7, 11) is 0. The van der Waals surface area contributed by atoms with E-state index in [2.05, 4.69) is 35.0 Å². The summed E-state index contributed by atoms with van der Waals surface area (Å²) in [5.74, 6) is 5.22. The fourth-order valence-electron chi connectivity index (χ4n) is 2.70. The number of hydrogen-bond donors (Lipinski definition) is 0. The molecule has 2 heteroatoms. The van der Waals surface area contributed by atoms with Gasteiger partial charge >= 0.3 is 0 Å². The van der Waals surface area contributed by atoms with Crippen LogP contribution in [0.4, 0.5) is 0 Å². The number of terminal acetylenes is 2. The van der Waals surface area contributed by atoms with E-state index in [0.717, 1.165) is 32.8 Å². The molecule has 0 aliphatic heterocycles. The van der Waals surface area contributed by atoms with Gasteiger partial charge in [0, 0.05) is 16.5 Å². The quantitative estimate of drug-likeness (QED) is 0.277. The van der Waals surface area contributed by atoms with E-state index >= 15 is 0 Å². The van der Waals surface area contributed by atoms with Crippen LogP contribution in [0.15, 0.2) is 48.5 Å². The smallest absolute Gasteiger partial charge is 0.0972 e. The minimum absolute atomic E-state index is 0.670. The van der Waals surface area contributed by atoms with Gasteiger partial charge in [0.25, 0.3) is 0 Å². The van der Waals surface area contributed by atoms with E-state index in [9.17, 15) is 0 Å². The highest BCUT2D eigenvalue weighted by molar-refractivity contribution is 6.05. The SMILES string of the molecule is C#Cc1cc2nc3ccc4ccccc4c3nc2cc1C#C. The van der Waals surface area contributed by atoms with Gasteiger partial charge in [-0.25, -0.2) is 9.97 Å². The summed E-state index contributed by atoms with van der Waals surface area (Å²) in [6.07, 6.45) is 11.0.